The summed E-state index contributed by atoms with van der Waals surface area (Å²) in [5.74, 6) is 0.576. The van der Waals surface area contributed by atoms with Crippen LogP contribution in [0.4, 0.5) is 0 Å². The van der Waals surface area contributed by atoms with Crippen molar-refractivity contribution in [1.82, 2.24) is 5.32 Å². The summed E-state index contributed by atoms with van der Waals surface area (Å²) in [4.78, 5) is 0. The number of aliphatic hydroxyl groups excluding tert-OH is 1. The van der Waals surface area contributed by atoms with Gasteiger partial charge in [-0.1, -0.05) is 27.7 Å². The molecular formula is C15H31NO3. The monoisotopic (exact) mass is 273 g/mol. The fraction of sp³-hybridized carbons (Fsp3) is 1.00. The molecule has 2 N–H and O–H groups in total. The lowest BCUT2D eigenvalue weighted by Crippen LogP contribution is -2.36. The topological polar surface area (TPSA) is 50.7 Å². The van der Waals surface area contributed by atoms with E-state index in [-0.39, 0.29) is 6.10 Å². The Morgan fingerprint density at radius 1 is 1.37 bits per heavy atom. The SMILES string of the molecule is CC(CNCC(O)COCC1CCCO1)C(C)(C)C. The first-order valence-electron chi connectivity index (χ1n) is 7.47. The second-order valence-corrected chi connectivity index (χ2v) is 6.75. The van der Waals surface area contributed by atoms with Gasteiger partial charge in [-0.3, -0.25) is 0 Å². The first-order valence-corrected chi connectivity index (χ1v) is 7.47. The maximum atomic E-state index is 9.81. The maximum Gasteiger partial charge on any atom is 0.0897 e. The van der Waals surface area contributed by atoms with Gasteiger partial charge >= 0.3 is 0 Å². The van der Waals surface area contributed by atoms with Crippen molar-refractivity contribution >= 4 is 0 Å². The number of nitrogens with one attached hydrogen (secondary N) is 1. The summed E-state index contributed by atoms with van der Waals surface area (Å²) >= 11 is 0. The standard InChI is InChI=1S/C15H31NO3/c1-12(15(2,3)4)8-16-9-13(17)10-18-11-14-6-5-7-19-14/h12-14,16-17H,5-11H2,1-4H3. The average Bonchev–Trinajstić information content (AvgIpc) is 2.80. The van der Waals surface area contributed by atoms with Crippen molar-refractivity contribution in [3.05, 3.63) is 0 Å². The van der Waals surface area contributed by atoms with Crippen LogP contribution in [0.3, 0.4) is 0 Å². The molecule has 3 unspecified atom stereocenters. The quantitative estimate of drug-likeness (QED) is 0.708. The van der Waals surface area contributed by atoms with Crippen molar-refractivity contribution in [3.8, 4) is 0 Å². The second kappa shape index (κ2) is 8.20. The number of hydrogen-bond acceptors (Lipinski definition) is 4. The second-order valence-electron chi connectivity index (χ2n) is 6.75. The van der Waals surface area contributed by atoms with Crippen LogP contribution in [0, 0.1) is 11.3 Å². The fourth-order valence-corrected chi connectivity index (χ4v) is 1.94. The molecule has 0 aromatic carbocycles. The highest BCUT2D eigenvalue weighted by Gasteiger charge is 2.20. The zero-order chi connectivity index (χ0) is 14.3. The Hall–Kier alpha value is -0.160. The van der Waals surface area contributed by atoms with Gasteiger partial charge in [0, 0.05) is 13.2 Å². The maximum absolute atomic E-state index is 9.81. The highest BCUT2D eigenvalue weighted by atomic mass is 16.5. The van der Waals surface area contributed by atoms with Gasteiger partial charge in [-0.05, 0) is 30.7 Å². The number of rotatable bonds is 8. The summed E-state index contributed by atoms with van der Waals surface area (Å²) in [5, 5.41) is 13.1. The van der Waals surface area contributed by atoms with E-state index in [4.69, 9.17) is 9.47 Å². The molecule has 4 heteroatoms. The third-order valence-corrected chi connectivity index (χ3v) is 3.95. The average molecular weight is 273 g/mol. The molecule has 0 spiro atoms. The van der Waals surface area contributed by atoms with Gasteiger partial charge in [0.25, 0.3) is 0 Å². The van der Waals surface area contributed by atoms with Crippen LogP contribution in [0.2, 0.25) is 0 Å². The van der Waals surface area contributed by atoms with Gasteiger partial charge in [0.2, 0.25) is 0 Å². The number of hydrogen-bond donors (Lipinski definition) is 2. The van der Waals surface area contributed by atoms with E-state index in [1.54, 1.807) is 0 Å². The minimum atomic E-state index is -0.437. The Labute approximate surface area is 117 Å². The Morgan fingerprint density at radius 2 is 2.11 bits per heavy atom. The minimum Gasteiger partial charge on any atom is -0.389 e. The molecule has 1 fully saturated rings. The summed E-state index contributed by atoms with van der Waals surface area (Å²) < 4.78 is 11.0. The van der Waals surface area contributed by atoms with Crippen LogP contribution in [0.15, 0.2) is 0 Å². The summed E-state index contributed by atoms with van der Waals surface area (Å²) in [6.07, 6.45) is 2.01. The molecule has 1 aliphatic heterocycles. The first-order chi connectivity index (χ1) is 8.89. The van der Waals surface area contributed by atoms with E-state index in [1.807, 2.05) is 0 Å². The lowest BCUT2D eigenvalue weighted by molar-refractivity contribution is -0.0167. The molecule has 0 amide bonds. The van der Waals surface area contributed by atoms with Gasteiger partial charge in [0.05, 0.1) is 25.4 Å². The van der Waals surface area contributed by atoms with Crippen molar-refractivity contribution in [2.24, 2.45) is 11.3 Å². The summed E-state index contributed by atoms with van der Waals surface area (Å²) in [5.41, 5.74) is 0.300. The molecule has 0 radical (unpaired) electrons. The largest absolute Gasteiger partial charge is 0.389 e. The zero-order valence-corrected chi connectivity index (χ0v) is 12.9. The van der Waals surface area contributed by atoms with Gasteiger partial charge < -0.3 is 19.9 Å². The molecule has 114 valence electrons. The lowest BCUT2D eigenvalue weighted by atomic mass is 9.82. The predicted octanol–water partition coefficient (Wildman–Crippen LogP) is 1.81. The molecule has 1 saturated heterocycles. The molecule has 19 heavy (non-hydrogen) atoms. The summed E-state index contributed by atoms with van der Waals surface area (Å²) in [6.45, 7) is 12.3. The van der Waals surface area contributed by atoms with Crippen LogP contribution in [0.1, 0.15) is 40.5 Å². The van der Waals surface area contributed by atoms with Gasteiger partial charge in [-0.15, -0.1) is 0 Å². The van der Waals surface area contributed by atoms with E-state index < -0.39 is 6.10 Å². The fourth-order valence-electron chi connectivity index (χ4n) is 1.94. The Balaban J connectivity index is 1.99. The minimum absolute atomic E-state index is 0.237. The van der Waals surface area contributed by atoms with Crippen LogP contribution in [-0.2, 0) is 9.47 Å². The Bertz CT molecular complexity index is 234. The third-order valence-electron chi connectivity index (χ3n) is 3.95. The summed E-state index contributed by atoms with van der Waals surface area (Å²) in [6, 6.07) is 0. The van der Waals surface area contributed by atoms with Crippen LogP contribution in [0.5, 0.6) is 0 Å². The highest BCUT2D eigenvalue weighted by molar-refractivity contribution is 4.72. The van der Waals surface area contributed by atoms with E-state index in [1.165, 1.54) is 0 Å². The van der Waals surface area contributed by atoms with Crippen LogP contribution >= 0.6 is 0 Å². The van der Waals surface area contributed by atoms with Crippen molar-refractivity contribution < 1.29 is 14.6 Å². The van der Waals surface area contributed by atoms with E-state index in [0.717, 1.165) is 26.0 Å². The van der Waals surface area contributed by atoms with Crippen molar-refractivity contribution in [1.29, 1.82) is 0 Å². The molecule has 0 aromatic rings. The van der Waals surface area contributed by atoms with Gasteiger partial charge in [-0.25, -0.2) is 0 Å². The van der Waals surface area contributed by atoms with Crippen molar-refractivity contribution in [2.45, 2.75) is 52.7 Å². The van der Waals surface area contributed by atoms with E-state index in [9.17, 15) is 5.11 Å². The van der Waals surface area contributed by atoms with Gasteiger partial charge in [0.1, 0.15) is 0 Å². The third kappa shape index (κ3) is 7.25. The summed E-state index contributed by atoms with van der Waals surface area (Å²) in [7, 11) is 0. The molecule has 3 atom stereocenters. The zero-order valence-electron chi connectivity index (χ0n) is 12.9. The normalized spacial score (nSPS) is 23.5. The van der Waals surface area contributed by atoms with E-state index in [2.05, 4.69) is 33.0 Å². The van der Waals surface area contributed by atoms with Crippen LogP contribution < -0.4 is 5.32 Å². The Morgan fingerprint density at radius 3 is 2.68 bits per heavy atom. The molecule has 0 bridgehead atoms. The van der Waals surface area contributed by atoms with E-state index >= 15 is 0 Å². The molecule has 0 saturated carbocycles. The van der Waals surface area contributed by atoms with Gasteiger partial charge in [-0.2, -0.15) is 0 Å². The number of ether oxygens (including phenoxy) is 2. The highest BCUT2D eigenvalue weighted by Crippen LogP contribution is 2.24. The van der Waals surface area contributed by atoms with Gasteiger partial charge in [0.15, 0.2) is 0 Å². The molecular weight excluding hydrogens is 242 g/mol. The van der Waals surface area contributed by atoms with Crippen LogP contribution in [0.25, 0.3) is 0 Å². The van der Waals surface area contributed by atoms with Crippen molar-refractivity contribution in [3.63, 3.8) is 0 Å². The molecule has 0 aliphatic carbocycles. The Kier molecular flexibility index (Phi) is 7.29. The number of aliphatic hydroxyl groups is 1. The van der Waals surface area contributed by atoms with E-state index in [0.29, 0.717) is 31.1 Å². The van der Waals surface area contributed by atoms with Crippen molar-refractivity contribution in [2.75, 3.05) is 32.9 Å². The smallest absolute Gasteiger partial charge is 0.0897 e. The molecule has 1 heterocycles. The lowest BCUT2D eigenvalue weighted by Gasteiger charge is -2.27. The van der Waals surface area contributed by atoms with Crippen LogP contribution in [-0.4, -0.2) is 50.2 Å². The molecule has 1 aliphatic rings. The molecule has 1 rings (SSSR count). The molecule has 4 nitrogen and oxygen atoms in total. The predicted molar refractivity (Wildman–Crippen MR) is 77.3 cm³/mol. The molecule has 0 aromatic heterocycles. The first kappa shape index (κ1) is 16.9.